The molecule has 3 N–H and O–H groups in total. The van der Waals surface area contributed by atoms with E-state index < -0.39 is 0 Å². The highest BCUT2D eigenvalue weighted by Gasteiger charge is 2.28. The third kappa shape index (κ3) is 3.67. The lowest BCUT2D eigenvalue weighted by Gasteiger charge is -2.31. The molecule has 1 heterocycles. The van der Waals surface area contributed by atoms with Gasteiger partial charge in [0.1, 0.15) is 12.0 Å². The number of nitrogens with two attached hydrogens (primary N) is 1. The van der Waals surface area contributed by atoms with Crippen LogP contribution in [0.5, 0.6) is 0 Å². The Kier molecular flexibility index (Phi) is 5.18. The minimum absolute atomic E-state index is 0.0114. The van der Waals surface area contributed by atoms with Crippen LogP contribution in [0.15, 0.2) is 36.4 Å². The predicted octanol–water partition coefficient (Wildman–Crippen LogP) is 2.53. The fourth-order valence-electron chi connectivity index (χ4n) is 4.18. The molecule has 0 bridgehead atoms. The smallest absolute Gasteiger partial charge is 0.241 e. The lowest BCUT2D eigenvalue weighted by atomic mass is 9.88. The van der Waals surface area contributed by atoms with Crippen molar-refractivity contribution in [2.24, 2.45) is 11.8 Å². The number of amides is 1. The molecule has 1 fully saturated rings. The van der Waals surface area contributed by atoms with Crippen molar-refractivity contribution in [3.63, 3.8) is 0 Å². The minimum atomic E-state index is -0.358. The SMILES string of the molecule is Cc1ccc(F)cc1-c1ccc2c(c1)=CNC(N(N)C(=O)C1CCCCC1)C=2. The van der Waals surface area contributed by atoms with Crippen molar-refractivity contribution in [3.8, 4) is 11.1 Å². The van der Waals surface area contributed by atoms with Gasteiger partial charge in [0.2, 0.25) is 5.91 Å². The number of carbonyl (C=O) groups is 1. The molecule has 1 atom stereocenters. The van der Waals surface area contributed by atoms with Gasteiger partial charge in [0.05, 0.1) is 0 Å². The molecule has 5 heteroatoms. The number of hydrogen-bond donors (Lipinski definition) is 2. The van der Waals surface area contributed by atoms with Crippen molar-refractivity contribution < 1.29 is 9.18 Å². The van der Waals surface area contributed by atoms with Crippen LogP contribution in [0.3, 0.4) is 0 Å². The van der Waals surface area contributed by atoms with E-state index in [0.717, 1.165) is 52.8 Å². The maximum atomic E-state index is 13.7. The lowest BCUT2D eigenvalue weighted by Crippen LogP contribution is -2.55. The molecule has 146 valence electrons. The van der Waals surface area contributed by atoms with Gasteiger partial charge in [-0.05, 0) is 71.2 Å². The number of halogens is 1. The molecule has 1 aliphatic heterocycles. The van der Waals surface area contributed by atoms with Gasteiger partial charge >= 0.3 is 0 Å². The zero-order chi connectivity index (χ0) is 19.7. The van der Waals surface area contributed by atoms with Crippen LogP contribution < -0.4 is 21.6 Å². The van der Waals surface area contributed by atoms with Crippen molar-refractivity contribution in [3.05, 3.63) is 58.2 Å². The first kappa shape index (κ1) is 18.7. The van der Waals surface area contributed by atoms with Gasteiger partial charge in [-0.25, -0.2) is 10.2 Å². The number of benzene rings is 2. The van der Waals surface area contributed by atoms with E-state index in [4.69, 9.17) is 5.84 Å². The summed E-state index contributed by atoms with van der Waals surface area (Å²) in [5.41, 5.74) is 2.87. The Morgan fingerprint density at radius 2 is 1.89 bits per heavy atom. The predicted molar refractivity (Wildman–Crippen MR) is 109 cm³/mol. The number of nitrogens with one attached hydrogen (secondary N) is 1. The first-order chi connectivity index (χ1) is 13.5. The van der Waals surface area contributed by atoms with Gasteiger partial charge < -0.3 is 5.32 Å². The number of nitrogens with zero attached hydrogens (tertiary/aromatic N) is 1. The summed E-state index contributed by atoms with van der Waals surface area (Å²) >= 11 is 0. The van der Waals surface area contributed by atoms with E-state index in [1.807, 2.05) is 37.4 Å². The first-order valence-electron chi connectivity index (χ1n) is 9.95. The number of aryl methyl sites for hydroxylation is 1. The van der Waals surface area contributed by atoms with Crippen LogP contribution in [0.2, 0.25) is 0 Å². The Morgan fingerprint density at radius 1 is 1.11 bits per heavy atom. The first-order valence-corrected chi connectivity index (χ1v) is 9.95. The standard InChI is InChI=1S/C23H26FN3O/c1-15-7-10-20(24)13-21(15)18-9-8-17-12-22(26-14-19(17)11-18)27(25)23(28)16-5-3-2-4-6-16/h7-14,16,22,26H,2-6,25H2,1H3. The topological polar surface area (TPSA) is 58.4 Å². The maximum absolute atomic E-state index is 13.7. The largest absolute Gasteiger partial charge is 0.366 e. The molecule has 28 heavy (non-hydrogen) atoms. The molecule has 4 nitrogen and oxygen atoms in total. The van der Waals surface area contributed by atoms with Crippen molar-refractivity contribution in [1.29, 1.82) is 0 Å². The highest BCUT2D eigenvalue weighted by molar-refractivity contribution is 5.79. The van der Waals surface area contributed by atoms with E-state index in [-0.39, 0.29) is 23.8 Å². The summed E-state index contributed by atoms with van der Waals surface area (Å²) in [6.45, 7) is 1.97. The molecule has 0 radical (unpaired) electrons. The summed E-state index contributed by atoms with van der Waals surface area (Å²) in [5, 5.41) is 6.56. The van der Waals surface area contributed by atoms with Crippen molar-refractivity contribution in [2.75, 3.05) is 0 Å². The Hall–Kier alpha value is -2.66. The van der Waals surface area contributed by atoms with Gasteiger partial charge in [-0.1, -0.05) is 37.5 Å². The molecule has 2 aromatic carbocycles. The van der Waals surface area contributed by atoms with E-state index in [0.29, 0.717) is 0 Å². The maximum Gasteiger partial charge on any atom is 0.241 e. The van der Waals surface area contributed by atoms with Gasteiger partial charge in [-0.15, -0.1) is 0 Å². The van der Waals surface area contributed by atoms with E-state index in [1.165, 1.54) is 17.5 Å². The average molecular weight is 379 g/mol. The summed E-state index contributed by atoms with van der Waals surface area (Å²) in [6.07, 6.45) is 8.75. The molecule has 0 aromatic heterocycles. The Bertz CT molecular complexity index is 1010. The van der Waals surface area contributed by atoms with Crippen molar-refractivity contribution >= 4 is 18.2 Å². The number of fused-ring (bicyclic) bond motifs is 1. The van der Waals surface area contributed by atoms with E-state index in [2.05, 4.69) is 5.32 Å². The molecule has 1 aliphatic carbocycles. The van der Waals surface area contributed by atoms with E-state index >= 15 is 0 Å². The summed E-state index contributed by atoms with van der Waals surface area (Å²) in [4.78, 5) is 12.7. The van der Waals surface area contributed by atoms with Crippen LogP contribution in [-0.4, -0.2) is 17.1 Å². The lowest BCUT2D eigenvalue weighted by molar-refractivity contribution is -0.138. The molecular weight excluding hydrogens is 353 g/mol. The Balaban J connectivity index is 1.59. The van der Waals surface area contributed by atoms with Crippen LogP contribution in [-0.2, 0) is 4.79 Å². The zero-order valence-electron chi connectivity index (χ0n) is 16.1. The summed E-state index contributed by atoms with van der Waals surface area (Å²) in [7, 11) is 0. The van der Waals surface area contributed by atoms with Gasteiger partial charge in [-0.3, -0.25) is 9.80 Å². The second-order valence-corrected chi connectivity index (χ2v) is 7.81. The second-order valence-electron chi connectivity index (χ2n) is 7.81. The van der Waals surface area contributed by atoms with Crippen molar-refractivity contribution in [2.45, 2.75) is 45.2 Å². The highest BCUT2D eigenvalue weighted by atomic mass is 19.1. The quantitative estimate of drug-likeness (QED) is 0.490. The molecular formula is C23H26FN3O. The summed E-state index contributed by atoms with van der Waals surface area (Å²) in [5.74, 6) is 5.97. The monoisotopic (exact) mass is 379 g/mol. The highest BCUT2D eigenvalue weighted by Crippen LogP contribution is 2.25. The van der Waals surface area contributed by atoms with Gasteiger partial charge in [-0.2, -0.15) is 0 Å². The minimum Gasteiger partial charge on any atom is -0.366 e. The molecule has 1 unspecified atom stereocenters. The zero-order valence-corrected chi connectivity index (χ0v) is 16.1. The van der Waals surface area contributed by atoms with Crippen molar-refractivity contribution in [1.82, 2.24) is 10.3 Å². The number of hydrogen-bond acceptors (Lipinski definition) is 3. The third-order valence-corrected chi connectivity index (χ3v) is 5.85. The fourth-order valence-corrected chi connectivity index (χ4v) is 4.18. The third-order valence-electron chi connectivity index (χ3n) is 5.85. The molecule has 2 aromatic rings. The molecule has 0 spiro atoms. The van der Waals surface area contributed by atoms with E-state index in [9.17, 15) is 9.18 Å². The molecule has 1 saturated carbocycles. The van der Waals surface area contributed by atoms with Crippen LogP contribution in [0.25, 0.3) is 23.4 Å². The van der Waals surface area contributed by atoms with Crippen LogP contribution in [0.1, 0.15) is 37.7 Å². The van der Waals surface area contributed by atoms with Crippen LogP contribution in [0, 0.1) is 18.7 Å². The van der Waals surface area contributed by atoms with Crippen LogP contribution in [0.4, 0.5) is 4.39 Å². The summed E-state index contributed by atoms with van der Waals surface area (Å²) in [6, 6.07) is 10.8. The molecule has 2 aliphatic rings. The molecule has 4 rings (SSSR count). The van der Waals surface area contributed by atoms with Gasteiger partial charge in [0.25, 0.3) is 0 Å². The normalized spacial score (nSPS) is 19.0. The number of hydrazine groups is 1. The Morgan fingerprint density at radius 3 is 2.68 bits per heavy atom. The summed E-state index contributed by atoms with van der Waals surface area (Å²) < 4.78 is 13.7. The fraction of sp³-hybridized carbons (Fsp3) is 0.348. The average Bonchev–Trinajstić information content (AvgIpc) is 2.74. The van der Waals surface area contributed by atoms with E-state index in [1.54, 1.807) is 12.1 Å². The van der Waals surface area contributed by atoms with Crippen LogP contribution >= 0.6 is 0 Å². The van der Waals surface area contributed by atoms with Gasteiger partial charge in [0.15, 0.2) is 0 Å². The van der Waals surface area contributed by atoms with Gasteiger partial charge in [0, 0.05) is 12.1 Å². The number of rotatable bonds is 3. The second kappa shape index (κ2) is 7.76. The Labute approximate surface area is 164 Å². The molecule has 0 saturated heterocycles. The number of carbonyl (C=O) groups excluding carboxylic acids is 1. The molecule has 1 amide bonds.